The second-order valence-electron chi connectivity index (χ2n) is 4.26. The van der Waals surface area contributed by atoms with E-state index in [0.717, 1.165) is 12.0 Å². The lowest BCUT2D eigenvalue weighted by Gasteiger charge is -2.28. The van der Waals surface area contributed by atoms with Crippen LogP contribution in [0.5, 0.6) is 0 Å². The molecule has 0 N–H and O–H groups in total. The van der Waals surface area contributed by atoms with E-state index < -0.39 is 0 Å². The van der Waals surface area contributed by atoms with Gasteiger partial charge in [0.25, 0.3) is 0 Å². The molecule has 1 nitrogen and oxygen atoms in total. The predicted molar refractivity (Wildman–Crippen MR) is 61.1 cm³/mol. The molecule has 0 aromatic heterocycles. The molecule has 0 radical (unpaired) electrons. The van der Waals surface area contributed by atoms with Crippen molar-refractivity contribution in [3.63, 3.8) is 0 Å². The van der Waals surface area contributed by atoms with Crippen LogP contribution in [0.1, 0.15) is 53.4 Å². The summed E-state index contributed by atoms with van der Waals surface area (Å²) < 4.78 is 0. The van der Waals surface area contributed by atoms with Crippen LogP contribution in [-0.2, 0) is 0 Å². The Morgan fingerprint density at radius 1 is 1.15 bits per heavy atom. The summed E-state index contributed by atoms with van der Waals surface area (Å²) >= 11 is 0. The highest BCUT2D eigenvalue weighted by atomic mass is 15.1. The van der Waals surface area contributed by atoms with Crippen molar-refractivity contribution in [1.29, 1.82) is 0 Å². The van der Waals surface area contributed by atoms with E-state index in [-0.39, 0.29) is 0 Å². The minimum absolute atomic E-state index is 0.810. The summed E-state index contributed by atoms with van der Waals surface area (Å²) in [6, 6.07) is 0.810. The molecule has 0 aliphatic heterocycles. The molecule has 2 atom stereocenters. The lowest BCUT2D eigenvalue weighted by Crippen LogP contribution is -2.32. The quantitative estimate of drug-likeness (QED) is 0.586. The zero-order chi connectivity index (χ0) is 10.3. The lowest BCUT2D eigenvalue weighted by atomic mass is 9.95. The summed E-state index contributed by atoms with van der Waals surface area (Å²) in [4.78, 5) is 2.50. The molecule has 0 bridgehead atoms. The van der Waals surface area contributed by atoms with E-state index in [1.54, 1.807) is 0 Å². The van der Waals surface area contributed by atoms with Crippen LogP contribution in [0.4, 0.5) is 0 Å². The van der Waals surface area contributed by atoms with Crippen LogP contribution in [0.15, 0.2) is 0 Å². The molecule has 0 aromatic rings. The summed E-state index contributed by atoms with van der Waals surface area (Å²) in [5, 5.41) is 0. The Bertz CT molecular complexity index is 112. The van der Waals surface area contributed by atoms with Crippen molar-refractivity contribution in [2.24, 2.45) is 5.92 Å². The molecular weight excluding hydrogens is 158 g/mol. The van der Waals surface area contributed by atoms with Crippen LogP contribution >= 0.6 is 0 Å². The Hall–Kier alpha value is -0.0400. The smallest absolute Gasteiger partial charge is 0.00945 e. The molecule has 0 heterocycles. The molecule has 0 saturated carbocycles. The van der Waals surface area contributed by atoms with Crippen molar-refractivity contribution in [1.82, 2.24) is 4.90 Å². The van der Waals surface area contributed by atoms with Crippen molar-refractivity contribution in [3.8, 4) is 0 Å². The molecule has 1 heteroatoms. The monoisotopic (exact) mass is 185 g/mol. The SMILES string of the molecule is CCCC(CC(C)CC)N(C)CC. The van der Waals surface area contributed by atoms with E-state index in [1.807, 2.05) is 0 Å². The molecule has 0 saturated heterocycles. The molecule has 13 heavy (non-hydrogen) atoms. The molecule has 2 unspecified atom stereocenters. The molecule has 0 amide bonds. The van der Waals surface area contributed by atoms with E-state index in [1.165, 1.54) is 32.2 Å². The fourth-order valence-corrected chi connectivity index (χ4v) is 1.74. The Morgan fingerprint density at radius 3 is 2.15 bits per heavy atom. The summed E-state index contributed by atoms with van der Waals surface area (Å²) in [6.45, 7) is 10.4. The Labute approximate surface area is 84.5 Å². The second-order valence-corrected chi connectivity index (χ2v) is 4.26. The maximum atomic E-state index is 2.50. The Morgan fingerprint density at radius 2 is 1.77 bits per heavy atom. The Kier molecular flexibility index (Phi) is 7.35. The molecular formula is C12H27N. The largest absolute Gasteiger partial charge is 0.304 e. The third-order valence-electron chi connectivity index (χ3n) is 3.12. The summed E-state index contributed by atoms with van der Waals surface area (Å²) in [7, 11) is 2.25. The fourth-order valence-electron chi connectivity index (χ4n) is 1.74. The normalized spacial score (nSPS) is 16.2. The van der Waals surface area contributed by atoms with Crippen LogP contribution < -0.4 is 0 Å². The number of hydrogen-bond donors (Lipinski definition) is 0. The molecule has 0 aliphatic carbocycles. The second kappa shape index (κ2) is 7.37. The van der Waals surface area contributed by atoms with E-state index in [9.17, 15) is 0 Å². The number of rotatable bonds is 7. The van der Waals surface area contributed by atoms with Crippen molar-refractivity contribution < 1.29 is 0 Å². The van der Waals surface area contributed by atoms with Crippen LogP contribution in [0.3, 0.4) is 0 Å². The molecule has 0 aliphatic rings. The number of hydrogen-bond acceptors (Lipinski definition) is 1. The molecule has 0 spiro atoms. The first-order valence-corrected chi connectivity index (χ1v) is 5.85. The van der Waals surface area contributed by atoms with Gasteiger partial charge in [0.15, 0.2) is 0 Å². The van der Waals surface area contributed by atoms with E-state index in [2.05, 4.69) is 39.6 Å². The van der Waals surface area contributed by atoms with Crippen LogP contribution in [0.2, 0.25) is 0 Å². The van der Waals surface area contributed by atoms with Crippen LogP contribution in [0.25, 0.3) is 0 Å². The first kappa shape index (κ1) is 13.0. The maximum Gasteiger partial charge on any atom is 0.00945 e. The molecule has 80 valence electrons. The van der Waals surface area contributed by atoms with Crippen LogP contribution in [0, 0.1) is 5.92 Å². The lowest BCUT2D eigenvalue weighted by molar-refractivity contribution is 0.204. The number of nitrogens with zero attached hydrogens (tertiary/aromatic N) is 1. The van der Waals surface area contributed by atoms with Crippen molar-refractivity contribution in [2.45, 2.75) is 59.4 Å². The molecule has 0 aromatic carbocycles. The first-order chi connectivity index (χ1) is 6.15. The van der Waals surface area contributed by atoms with Crippen molar-refractivity contribution in [3.05, 3.63) is 0 Å². The van der Waals surface area contributed by atoms with Gasteiger partial charge in [-0.05, 0) is 32.4 Å². The van der Waals surface area contributed by atoms with Gasteiger partial charge in [-0.1, -0.05) is 40.5 Å². The third-order valence-corrected chi connectivity index (χ3v) is 3.12. The van der Waals surface area contributed by atoms with E-state index in [4.69, 9.17) is 0 Å². The zero-order valence-corrected chi connectivity index (χ0v) is 10.1. The van der Waals surface area contributed by atoms with Gasteiger partial charge in [0.05, 0.1) is 0 Å². The van der Waals surface area contributed by atoms with Gasteiger partial charge in [-0.25, -0.2) is 0 Å². The van der Waals surface area contributed by atoms with Gasteiger partial charge in [-0.3, -0.25) is 0 Å². The minimum Gasteiger partial charge on any atom is -0.304 e. The zero-order valence-electron chi connectivity index (χ0n) is 10.1. The topological polar surface area (TPSA) is 3.24 Å². The predicted octanol–water partition coefficient (Wildman–Crippen LogP) is 3.54. The Balaban J connectivity index is 3.92. The van der Waals surface area contributed by atoms with Gasteiger partial charge in [0, 0.05) is 6.04 Å². The highest BCUT2D eigenvalue weighted by Gasteiger charge is 2.14. The average Bonchev–Trinajstić information content (AvgIpc) is 2.15. The van der Waals surface area contributed by atoms with Crippen LogP contribution in [-0.4, -0.2) is 24.5 Å². The van der Waals surface area contributed by atoms with Gasteiger partial charge >= 0.3 is 0 Å². The first-order valence-electron chi connectivity index (χ1n) is 5.85. The van der Waals surface area contributed by atoms with E-state index >= 15 is 0 Å². The summed E-state index contributed by atoms with van der Waals surface area (Å²) in [6.07, 6.45) is 5.35. The third kappa shape index (κ3) is 5.30. The molecule has 0 rings (SSSR count). The highest BCUT2D eigenvalue weighted by Crippen LogP contribution is 2.17. The fraction of sp³-hybridized carbons (Fsp3) is 1.00. The average molecular weight is 185 g/mol. The van der Waals surface area contributed by atoms with Crippen molar-refractivity contribution >= 4 is 0 Å². The van der Waals surface area contributed by atoms with Gasteiger partial charge in [0.1, 0.15) is 0 Å². The standard InChI is InChI=1S/C12H27N/c1-6-9-12(13(5)8-3)10-11(4)7-2/h11-12H,6-10H2,1-5H3. The maximum absolute atomic E-state index is 2.50. The van der Waals surface area contributed by atoms with Crippen molar-refractivity contribution in [2.75, 3.05) is 13.6 Å². The van der Waals surface area contributed by atoms with Gasteiger partial charge in [-0.2, -0.15) is 0 Å². The van der Waals surface area contributed by atoms with E-state index in [0.29, 0.717) is 0 Å². The summed E-state index contributed by atoms with van der Waals surface area (Å²) in [5.41, 5.74) is 0. The minimum atomic E-state index is 0.810. The van der Waals surface area contributed by atoms with Gasteiger partial charge in [-0.15, -0.1) is 0 Å². The van der Waals surface area contributed by atoms with Gasteiger partial charge < -0.3 is 4.90 Å². The van der Waals surface area contributed by atoms with Gasteiger partial charge in [0.2, 0.25) is 0 Å². The highest BCUT2D eigenvalue weighted by molar-refractivity contribution is 4.70. The molecule has 0 fully saturated rings. The summed E-state index contributed by atoms with van der Waals surface area (Å²) in [5.74, 6) is 0.880.